The predicted molar refractivity (Wildman–Crippen MR) is 62.5 cm³/mol. The van der Waals surface area contributed by atoms with Crippen LogP contribution in [0.25, 0.3) is 0 Å². The monoisotopic (exact) mass is 226 g/mol. The molecule has 0 bridgehead atoms. The summed E-state index contributed by atoms with van der Waals surface area (Å²) in [4.78, 5) is 0.967. The highest BCUT2D eigenvalue weighted by atomic mass is 32.2. The molecule has 0 aliphatic carbocycles. The molecular weight excluding hydrogens is 211 g/mol. The number of nitrogens with one attached hydrogen (secondary N) is 1. The van der Waals surface area contributed by atoms with Crippen LogP contribution >= 0.6 is 11.8 Å². The minimum atomic E-state index is -0.315. The van der Waals surface area contributed by atoms with Gasteiger partial charge in [-0.15, -0.1) is 11.8 Å². The van der Waals surface area contributed by atoms with Gasteiger partial charge in [-0.2, -0.15) is 0 Å². The Morgan fingerprint density at radius 2 is 2.27 bits per heavy atom. The molecule has 0 amide bonds. The highest BCUT2D eigenvalue weighted by molar-refractivity contribution is 7.99. The van der Waals surface area contributed by atoms with E-state index in [1.807, 2.05) is 6.07 Å². The van der Waals surface area contributed by atoms with E-state index in [1.165, 1.54) is 12.5 Å². The predicted octanol–water partition coefficient (Wildman–Crippen LogP) is 2.11. The first-order valence-electron chi connectivity index (χ1n) is 5.14. The van der Waals surface area contributed by atoms with E-state index in [-0.39, 0.29) is 11.5 Å². The molecule has 0 aromatic heterocycles. The van der Waals surface area contributed by atoms with E-state index >= 15 is 0 Å². The molecule has 0 spiro atoms. The molecule has 1 aliphatic heterocycles. The first-order valence-corrected chi connectivity index (χ1v) is 6.13. The van der Waals surface area contributed by atoms with Gasteiger partial charge in [0.15, 0.2) is 0 Å². The Balaban J connectivity index is 1.79. The van der Waals surface area contributed by atoms with E-state index in [2.05, 4.69) is 5.32 Å². The molecule has 3 N–H and O–H groups in total. The molecule has 1 aromatic carbocycles. The topological polar surface area (TPSA) is 38.0 Å². The van der Waals surface area contributed by atoms with Gasteiger partial charge in [0.2, 0.25) is 0 Å². The lowest BCUT2D eigenvalue weighted by molar-refractivity contribution is 0.341. The summed E-state index contributed by atoms with van der Waals surface area (Å²) in [6.07, 6.45) is 1.20. The molecule has 0 atom stereocenters. The van der Waals surface area contributed by atoms with Gasteiger partial charge in [-0.1, -0.05) is 0 Å². The fourth-order valence-electron chi connectivity index (χ4n) is 1.49. The number of anilines is 1. The molecule has 1 saturated heterocycles. The van der Waals surface area contributed by atoms with Crippen LogP contribution in [-0.4, -0.2) is 18.8 Å². The van der Waals surface area contributed by atoms with Crippen molar-refractivity contribution in [1.29, 1.82) is 0 Å². The molecular formula is C11H15FN2S. The van der Waals surface area contributed by atoms with Crippen molar-refractivity contribution in [3.8, 4) is 0 Å². The molecule has 1 fully saturated rings. The zero-order valence-corrected chi connectivity index (χ0v) is 9.32. The second kappa shape index (κ2) is 4.86. The molecule has 2 nitrogen and oxygen atoms in total. The lowest BCUT2D eigenvalue weighted by Gasteiger charge is -2.26. The average Bonchev–Trinajstić information content (AvgIpc) is 2.15. The fourth-order valence-corrected chi connectivity index (χ4v) is 2.53. The van der Waals surface area contributed by atoms with Crippen LogP contribution in [0, 0.1) is 11.7 Å². The summed E-state index contributed by atoms with van der Waals surface area (Å²) in [5, 5.41) is 3.24. The SMILES string of the molecule is Nc1ccc(SCCC2CNC2)cc1F. The summed E-state index contributed by atoms with van der Waals surface area (Å²) in [6, 6.07) is 5.02. The number of nitrogen functional groups attached to an aromatic ring is 1. The number of benzene rings is 1. The molecule has 1 aromatic rings. The molecule has 1 aliphatic rings. The van der Waals surface area contributed by atoms with Crippen LogP contribution < -0.4 is 11.1 Å². The van der Waals surface area contributed by atoms with Crippen LogP contribution in [0.1, 0.15) is 6.42 Å². The van der Waals surface area contributed by atoms with Crippen LogP contribution in [0.5, 0.6) is 0 Å². The quantitative estimate of drug-likeness (QED) is 0.610. The normalized spacial score (nSPS) is 16.3. The molecule has 4 heteroatoms. The van der Waals surface area contributed by atoms with Crippen LogP contribution in [0.2, 0.25) is 0 Å². The van der Waals surface area contributed by atoms with E-state index in [1.54, 1.807) is 17.8 Å². The number of rotatable bonds is 4. The first kappa shape index (κ1) is 10.8. The van der Waals surface area contributed by atoms with Gasteiger partial charge in [-0.05, 0) is 49.4 Å². The fraction of sp³-hybridized carbons (Fsp3) is 0.455. The maximum absolute atomic E-state index is 13.1. The zero-order valence-electron chi connectivity index (χ0n) is 8.50. The van der Waals surface area contributed by atoms with E-state index in [4.69, 9.17) is 5.73 Å². The van der Waals surface area contributed by atoms with E-state index < -0.39 is 0 Å². The number of thioether (sulfide) groups is 1. The smallest absolute Gasteiger partial charge is 0.147 e. The second-order valence-electron chi connectivity index (χ2n) is 3.84. The number of nitrogens with two attached hydrogens (primary N) is 1. The molecule has 0 radical (unpaired) electrons. The second-order valence-corrected chi connectivity index (χ2v) is 5.01. The molecule has 15 heavy (non-hydrogen) atoms. The van der Waals surface area contributed by atoms with Gasteiger partial charge in [-0.3, -0.25) is 0 Å². The standard InChI is InChI=1S/C11H15FN2S/c12-10-5-9(1-2-11(10)13)15-4-3-8-6-14-7-8/h1-2,5,8,14H,3-4,6-7,13H2. The van der Waals surface area contributed by atoms with Crippen molar-refractivity contribution in [2.75, 3.05) is 24.6 Å². The maximum Gasteiger partial charge on any atom is 0.147 e. The molecule has 2 rings (SSSR count). The van der Waals surface area contributed by atoms with Crippen LogP contribution in [0.4, 0.5) is 10.1 Å². The van der Waals surface area contributed by atoms with E-state index in [0.29, 0.717) is 0 Å². The lowest BCUT2D eigenvalue weighted by Crippen LogP contribution is -2.42. The highest BCUT2D eigenvalue weighted by Crippen LogP contribution is 2.24. The molecule has 0 saturated carbocycles. The van der Waals surface area contributed by atoms with Crippen molar-refractivity contribution >= 4 is 17.4 Å². The Labute approximate surface area is 93.4 Å². The van der Waals surface area contributed by atoms with Crippen molar-refractivity contribution in [2.24, 2.45) is 5.92 Å². The van der Waals surface area contributed by atoms with Gasteiger partial charge < -0.3 is 11.1 Å². The molecule has 1 heterocycles. The zero-order chi connectivity index (χ0) is 10.7. The van der Waals surface area contributed by atoms with Gasteiger partial charge in [0.05, 0.1) is 5.69 Å². The van der Waals surface area contributed by atoms with Crippen LogP contribution in [0.15, 0.2) is 23.1 Å². The summed E-state index contributed by atoms with van der Waals surface area (Å²) in [5.74, 6) is 1.55. The summed E-state index contributed by atoms with van der Waals surface area (Å²) < 4.78 is 13.1. The summed E-state index contributed by atoms with van der Waals surface area (Å²) in [5.41, 5.74) is 5.63. The third-order valence-electron chi connectivity index (χ3n) is 2.63. The average molecular weight is 226 g/mol. The van der Waals surface area contributed by atoms with Crippen molar-refractivity contribution in [3.63, 3.8) is 0 Å². The Kier molecular flexibility index (Phi) is 3.49. The van der Waals surface area contributed by atoms with Gasteiger partial charge in [0, 0.05) is 4.90 Å². The van der Waals surface area contributed by atoms with E-state index in [9.17, 15) is 4.39 Å². The number of hydrogen-bond acceptors (Lipinski definition) is 3. The molecule has 0 unspecified atom stereocenters. The minimum absolute atomic E-state index is 0.225. The van der Waals surface area contributed by atoms with Crippen molar-refractivity contribution in [1.82, 2.24) is 5.32 Å². The third-order valence-corrected chi connectivity index (χ3v) is 3.66. The van der Waals surface area contributed by atoms with Gasteiger partial charge in [0.25, 0.3) is 0 Å². The molecule has 82 valence electrons. The van der Waals surface area contributed by atoms with E-state index in [0.717, 1.165) is 29.7 Å². The van der Waals surface area contributed by atoms with Gasteiger partial charge >= 0.3 is 0 Å². The Morgan fingerprint density at radius 3 is 2.87 bits per heavy atom. The van der Waals surface area contributed by atoms with Crippen molar-refractivity contribution in [2.45, 2.75) is 11.3 Å². The third kappa shape index (κ3) is 2.86. The Hall–Kier alpha value is -0.740. The first-order chi connectivity index (χ1) is 7.25. The van der Waals surface area contributed by atoms with Crippen LogP contribution in [-0.2, 0) is 0 Å². The Bertz CT molecular complexity index is 339. The summed E-state index contributed by atoms with van der Waals surface area (Å²) in [6.45, 7) is 2.27. The van der Waals surface area contributed by atoms with Gasteiger partial charge in [0.1, 0.15) is 5.82 Å². The summed E-state index contributed by atoms with van der Waals surface area (Å²) >= 11 is 1.70. The summed E-state index contributed by atoms with van der Waals surface area (Å²) in [7, 11) is 0. The Morgan fingerprint density at radius 1 is 1.47 bits per heavy atom. The largest absolute Gasteiger partial charge is 0.396 e. The van der Waals surface area contributed by atoms with Crippen LogP contribution in [0.3, 0.4) is 0 Å². The van der Waals surface area contributed by atoms with Crippen molar-refractivity contribution < 1.29 is 4.39 Å². The van der Waals surface area contributed by atoms with Crippen molar-refractivity contribution in [3.05, 3.63) is 24.0 Å². The number of halogens is 1. The van der Waals surface area contributed by atoms with Gasteiger partial charge in [-0.25, -0.2) is 4.39 Å². The highest BCUT2D eigenvalue weighted by Gasteiger charge is 2.15. The maximum atomic E-state index is 13.1. The minimum Gasteiger partial charge on any atom is -0.396 e. The number of hydrogen-bond donors (Lipinski definition) is 2. The lowest BCUT2D eigenvalue weighted by atomic mass is 10.0.